The zero-order valence-corrected chi connectivity index (χ0v) is 21.1. The third-order valence-electron chi connectivity index (χ3n) is 6.45. The van der Waals surface area contributed by atoms with Crippen LogP contribution in [-0.2, 0) is 29.2 Å². The molecule has 2 aliphatic heterocycles. The third-order valence-corrected chi connectivity index (χ3v) is 7.36. The van der Waals surface area contributed by atoms with E-state index in [2.05, 4.69) is 6.07 Å². The van der Waals surface area contributed by atoms with Crippen molar-refractivity contribution in [2.75, 3.05) is 13.1 Å². The number of hydrogen-bond donors (Lipinski definition) is 1. The molecule has 1 N–H and O–H groups in total. The molecule has 2 aliphatic rings. The van der Waals surface area contributed by atoms with Crippen molar-refractivity contribution in [3.63, 3.8) is 0 Å². The summed E-state index contributed by atoms with van der Waals surface area (Å²) in [6.45, 7) is 0.908. The van der Waals surface area contributed by atoms with Gasteiger partial charge in [0.15, 0.2) is 0 Å². The predicted octanol–water partition coefficient (Wildman–Crippen LogP) is 4.59. The number of benzene rings is 3. The molecule has 8 nitrogen and oxygen atoms in total. The maximum atomic E-state index is 13.1. The number of amides is 3. The Morgan fingerprint density at radius 3 is 2.42 bits per heavy atom. The van der Waals surface area contributed by atoms with Gasteiger partial charge in [0.25, 0.3) is 11.1 Å². The number of carboxylic acids is 1. The minimum Gasteiger partial charge on any atom is -0.488 e. The van der Waals surface area contributed by atoms with E-state index in [9.17, 15) is 19.2 Å². The second kappa shape index (κ2) is 10.9. The molecule has 1 fully saturated rings. The van der Waals surface area contributed by atoms with Gasteiger partial charge in [-0.3, -0.25) is 19.3 Å². The third kappa shape index (κ3) is 5.47. The van der Waals surface area contributed by atoms with Crippen LogP contribution in [0.1, 0.15) is 32.6 Å². The Balaban J connectivity index is 1.25. The number of carbonyl (C=O) groups is 4. The molecule has 0 unspecified atom stereocenters. The number of thioether (sulfide) groups is 1. The van der Waals surface area contributed by atoms with Crippen LogP contribution in [0.4, 0.5) is 4.79 Å². The fourth-order valence-electron chi connectivity index (χ4n) is 4.36. The van der Waals surface area contributed by atoms with Crippen LogP contribution in [0, 0.1) is 0 Å². The minimum atomic E-state index is -1.00. The number of ether oxygens (including phenoxy) is 1. The van der Waals surface area contributed by atoms with Gasteiger partial charge in [0.2, 0.25) is 5.91 Å². The maximum absolute atomic E-state index is 13.1. The first-order chi connectivity index (χ1) is 18.4. The standard InChI is InChI=1S/C29H24N2O6S/c32-26(30-14-13-20-5-1-2-7-23(20)16-30)17-31-27(33)25(38-29(31)36)15-22-6-3-4-8-24(22)37-18-19-9-11-21(12-10-19)28(34)35/h1-12,15H,13-14,16-18H2,(H,34,35)/b25-15-. The van der Waals surface area contributed by atoms with E-state index in [1.54, 1.807) is 47.4 Å². The van der Waals surface area contributed by atoms with Crippen molar-refractivity contribution in [1.29, 1.82) is 0 Å². The van der Waals surface area contributed by atoms with Crippen LogP contribution in [0.25, 0.3) is 6.08 Å². The van der Waals surface area contributed by atoms with Crippen LogP contribution in [0.5, 0.6) is 5.75 Å². The molecular weight excluding hydrogens is 504 g/mol. The summed E-state index contributed by atoms with van der Waals surface area (Å²) < 4.78 is 5.92. The summed E-state index contributed by atoms with van der Waals surface area (Å²) in [5.74, 6) is -1.27. The Morgan fingerprint density at radius 2 is 1.66 bits per heavy atom. The summed E-state index contributed by atoms with van der Waals surface area (Å²) in [6, 6.07) is 21.4. The van der Waals surface area contributed by atoms with Crippen molar-refractivity contribution in [2.24, 2.45) is 0 Å². The Kier molecular flexibility index (Phi) is 7.28. The van der Waals surface area contributed by atoms with E-state index in [0.717, 1.165) is 34.2 Å². The van der Waals surface area contributed by atoms with Gasteiger partial charge in [-0.05, 0) is 59.1 Å². The molecule has 0 radical (unpaired) electrons. The van der Waals surface area contributed by atoms with Crippen LogP contribution >= 0.6 is 11.8 Å². The van der Waals surface area contributed by atoms with E-state index in [1.807, 2.05) is 18.2 Å². The molecule has 38 heavy (non-hydrogen) atoms. The van der Waals surface area contributed by atoms with Gasteiger partial charge >= 0.3 is 5.97 Å². The van der Waals surface area contributed by atoms with Gasteiger partial charge in [0.05, 0.1) is 10.5 Å². The maximum Gasteiger partial charge on any atom is 0.335 e. The number of carboxylic acid groups (broad SMARTS) is 1. The lowest BCUT2D eigenvalue weighted by Crippen LogP contribution is -2.44. The summed E-state index contributed by atoms with van der Waals surface area (Å²) in [6.07, 6.45) is 2.33. The molecule has 2 heterocycles. The zero-order chi connectivity index (χ0) is 26.6. The molecule has 0 atom stereocenters. The van der Waals surface area contributed by atoms with E-state index in [4.69, 9.17) is 9.84 Å². The lowest BCUT2D eigenvalue weighted by Gasteiger charge is -2.29. The highest BCUT2D eigenvalue weighted by Gasteiger charge is 2.37. The summed E-state index contributed by atoms with van der Waals surface area (Å²) >= 11 is 0.798. The Bertz CT molecular complexity index is 1450. The van der Waals surface area contributed by atoms with Gasteiger partial charge in [-0.2, -0.15) is 0 Å². The van der Waals surface area contributed by atoms with Crippen molar-refractivity contribution in [3.8, 4) is 5.75 Å². The number of para-hydroxylation sites is 1. The lowest BCUT2D eigenvalue weighted by molar-refractivity contribution is -0.136. The first-order valence-corrected chi connectivity index (χ1v) is 12.8. The first kappa shape index (κ1) is 25.3. The molecule has 1 saturated heterocycles. The zero-order valence-electron chi connectivity index (χ0n) is 20.3. The van der Waals surface area contributed by atoms with Crippen LogP contribution in [0.3, 0.4) is 0 Å². The largest absolute Gasteiger partial charge is 0.488 e. The van der Waals surface area contributed by atoms with E-state index >= 15 is 0 Å². The average molecular weight is 529 g/mol. The molecule has 9 heteroatoms. The Morgan fingerprint density at radius 1 is 0.947 bits per heavy atom. The molecule has 0 aliphatic carbocycles. The normalized spacial score (nSPS) is 16.1. The highest BCUT2D eigenvalue weighted by Crippen LogP contribution is 2.34. The summed E-state index contributed by atoms with van der Waals surface area (Å²) in [5.41, 5.74) is 3.87. The molecule has 3 amide bonds. The van der Waals surface area contributed by atoms with Gasteiger partial charge in [-0.25, -0.2) is 4.79 Å². The van der Waals surface area contributed by atoms with Gasteiger partial charge < -0.3 is 14.7 Å². The molecular formula is C29H24N2O6S. The van der Waals surface area contributed by atoms with Crippen molar-refractivity contribution < 1.29 is 29.0 Å². The number of hydrogen-bond acceptors (Lipinski definition) is 6. The summed E-state index contributed by atoms with van der Waals surface area (Å²) in [5, 5.41) is 8.57. The van der Waals surface area contributed by atoms with Crippen molar-refractivity contribution >= 4 is 40.9 Å². The minimum absolute atomic E-state index is 0.188. The molecule has 3 aromatic rings. The number of aromatic carboxylic acids is 1. The number of rotatable bonds is 7. The van der Waals surface area contributed by atoms with Gasteiger partial charge in [-0.1, -0.05) is 54.6 Å². The number of nitrogens with zero attached hydrogens (tertiary/aromatic N) is 2. The van der Waals surface area contributed by atoms with Gasteiger partial charge in [0, 0.05) is 18.7 Å². The molecule has 5 rings (SSSR count). The molecule has 3 aromatic carbocycles. The number of fused-ring (bicyclic) bond motifs is 1. The van der Waals surface area contributed by atoms with E-state index in [-0.39, 0.29) is 29.5 Å². The fourth-order valence-corrected chi connectivity index (χ4v) is 5.19. The molecule has 0 saturated carbocycles. The van der Waals surface area contributed by atoms with Crippen molar-refractivity contribution in [2.45, 2.75) is 19.6 Å². The first-order valence-electron chi connectivity index (χ1n) is 12.0. The van der Waals surface area contributed by atoms with Crippen molar-refractivity contribution in [3.05, 3.63) is 106 Å². The Hall–Kier alpha value is -4.37. The number of imide groups is 1. The monoisotopic (exact) mass is 528 g/mol. The lowest BCUT2D eigenvalue weighted by atomic mass is 10.00. The van der Waals surface area contributed by atoms with Crippen LogP contribution in [0.15, 0.2) is 77.7 Å². The average Bonchev–Trinajstić information content (AvgIpc) is 3.19. The SMILES string of the molecule is O=C(O)c1ccc(COc2ccccc2/C=C2\SC(=O)N(CC(=O)N3CCc4ccccc4C3)C2=O)cc1. The van der Waals surface area contributed by atoms with Crippen LogP contribution in [0.2, 0.25) is 0 Å². The van der Waals surface area contributed by atoms with Gasteiger partial charge in [-0.15, -0.1) is 0 Å². The van der Waals surface area contributed by atoms with E-state index in [0.29, 0.717) is 24.4 Å². The summed E-state index contributed by atoms with van der Waals surface area (Å²) in [4.78, 5) is 52.6. The van der Waals surface area contributed by atoms with Crippen LogP contribution in [-0.4, -0.2) is 51.0 Å². The Labute approximate surface area is 223 Å². The molecule has 192 valence electrons. The van der Waals surface area contributed by atoms with E-state index in [1.165, 1.54) is 17.7 Å². The molecule has 0 spiro atoms. The molecule has 0 bridgehead atoms. The fraction of sp³-hybridized carbons (Fsp3) is 0.172. The topological polar surface area (TPSA) is 104 Å². The second-order valence-corrected chi connectivity index (χ2v) is 9.92. The molecule has 0 aromatic heterocycles. The van der Waals surface area contributed by atoms with E-state index < -0.39 is 17.1 Å². The van der Waals surface area contributed by atoms with Crippen molar-refractivity contribution in [1.82, 2.24) is 9.80 Å². The van der Waals surface area contributed by atoms with Gasteiger partial charge in [0.1, 0.15) is 18.9 Å². The highest BCUT2D eigenvalue weighted by molar-refractivity contribution is 8.18. The summed E-state index contributed by atoms with van der Waals surface area (Å²) in [7, 11) is 0. The van der Waals surface area contributed by atoms with Crippen LogP contribution < -0.4 is 4.74 Å². The quantitative estimate of drug-likeness (QED) is 0.448. The number of carbonyl (C=O) groups excluding carboxylic acids is 3. The second-order valence-electron chi connectivity index (χ2n) is 8.93. The smallest absolute Gasteiger partial charge is 0.335 e. The predicted molar refractivity (Wildman–Crippen MR) is 142 cm³/mol. The highest BCUT2D eigenvalue weighted by atomic mass is 32.2.